The van der Waals surface area contributed by atoms with E-state index in [1.165, 1.54) is 0 Å². The first-order chi connectivity index (χ1) is 8.52. The molecule has 0 fully saturated rings. The fourth-order valence-electron chi connectivity index (χ4n) is 2.22. The Kier molecular flexibility index (Phi) is 3.57. The van der Waals surface area contributed by atoms with E-state index in [4.69, 9.17) is 4.42 Å². The van der Waals surface area contributed by atoms with Gasteiger partial charge < -0.3 is 14.4 Å². The summed E-state index contributed by atoms with van der Waals surface area (Å²) in [6.45, 7) is 6.19. The molecule has 0 spiro atoms. The predicted octanol–water partition coefficient (Wildman–Crippen LogP) is 2.59. The fraction of sp³-hybridized carbons (Fsp3) is 0.500. The summed E-state index contributed by atoms with van der Waals surface area (Å²) < 4.78 is 5.53. The van der Waals surface area contributed by atoms with Crippen molar-refractivity contribution in [3.8, 4) is 0 Å². The zero-order valence-corrected chi connectivity index (χ0v) is 11.3. The number of anilines is 1. The van der Waals surface area contributed by atoms with E-state index in [2.05, 4.69) is 23.7 Å². The maximum atomic E-state index is 9.47. The lowest BCUT2D eigenvalue weighted by atomic mass is 10.0. The third kappa shape index (κ3) is 2.34. The fourth-order valence-corrected chi connectivity index (χ4v) is 2.22. The number of hydrogen-bond acceptors (Lipinski definition) is 4. The molecule has 1 unspecified atom stereocenters. The van der Waals surface area contributed by atoms with Crippen molar-refractivity contribution >= 4 is 16.8 Å². The van der Waals surface area contributed by atoms with Crippen molar-refractivity contribution in [2.24, 2.45) is 5.92 Å². The molecule has 98 valence electrons. The Bertz CT molecular complexity index is 534. The normalized spacial score (nSPS) is 13.2. The molecule has 1 atom stereocenters. The number of benzene rings is 1. The number of fused-ring (bicyclic) bond motifs is 1. The van der Waals surface area contributed by atoms with Crippen LogP contribution in [0, 0.1) is 12.8 Å². The molecule has 0 aliphatic heterocycles. The number of aromatic nitrogens is 1. The van der Waals surface area contributed by atoms with Gasteiger partial charge in [-0.3, -0.25) is 0 Å². The molecule has 4 nitrogen and oxygen atoms in total. The molecule has 2 aromatic rings. The number of aliphatic hydroxyl groups is 1. The van der Waals surface area contributed by atoms with E-state index in [-0.39, 0.29) is 12.6 Å². The van der Waals surface area contributed by atoms with Crippen LogP contribution in [0.2, 0.25) is 0 Å². The van der Waals surface area contributed by atoms with Gasteiger partial charge in [0.05, 0.1) is 12.6 Å². The molecule has 1 heterocycles. The highest BCUT2D eigenvalue weighted by atomic mass is 16.3. The molecule has 0 saturated heterocycles. The minimum absolute atomic E-state index is 0.103. The third-order valence-corrected chi connectivity index (χ3v) is 3.34. The second-order valence-corrected chi connectivity index (χ2v) is 4.99. The highest BCUT2D eigenvalue weighted by Gasteiger charge is 2.18. The van der Waals surface area contributed by atoms with E-state index in [1.54, 1.807) is 0 Å². The van der Waals surface area contributed by atoms with Gasteiger partial charge in [-0.05, 0) is 18.1 Å². The smallest absolute Gasteiger partial charge is 0.192 e. The topological polar surface area (TPSA) is 49.5 Å². The Balaban J connectivity index is 2.34. The Hall–Kier alpha value is -1.55. The van der Waals surface area contributed by atoms with Crippen LogP contribution in [0.3, 0.4) is 0 Å². The second-order valence-electron chi connectivity index (χ2n) is 4.99. The van der Waals surface area contributed by atoms with Gasteiger partial charge >= 0.3 is 0 Å². The van der Waals surface area contributed by atoms with Crippen molar-refractivity contribution in [2.45, 2.75) is 26.8 Å². The van der Waals surface area contributed by atoms with Crippen molar-refractivity contribution in [1.82, 2.24) is 4.98 Å². The van der Waals surface area contributed by atoms with Gasteiger partial charge in [0.2, 0.25) is 0 Å². The average molecular weight is 248 g/mol. The second kappa shape index (κ2) is 4.98. The molecule has 1 aromatic heterocycles. The molecule has 1 aromatic carbocycles. The van der Waals surface area contributed by atoms with Crippen molar-refractivity contribution in [3.05, 3.63) is 24.1 Å². The van der Waals surface area contributed by atoms with Gasteiger partial charge in [-0.15, -0.1) is 0 Å². The van der Waals surface area contributed by atoms with Crippen LogP contribution in [0.5, 0.6) is 0 Å². The number of likely N-dealkylation sites (N-methyl/N-ethyl adjacent to an activating group) is 1. The maximum Gasteiger partial charge on any atom is 0.192 e. The quantitative estimate of drug-likeness (QED) is 0.903. The number of aliphatic hydroxyl groups excluding tert-OH is 1. The van der Waals surface area contributed by atoms with E-state index in [0.717, 1.165) is 16.8 Å². The Morgan fingerprint density at radius 1 is 1.39 bits per heavy atom. The number of nitrogens with zero attached hydrogens (tertiary/aromatic N) is 2. The summed E-state index contributed by atoms with van der Waals surface area (Å²) in [6, 6.07) is 6.04. The minimum atomic E-state index is 0.103. The molecular weight excluding hydrogens is 228 g/mol. The molecule has 0 radical (unpaired) electrons. The van der Waals surface area contributed by atoms with E-state index in [1.807, 2.05) is 32.2 Å². The van der Waals surface area contributed by atoms with Crippen LogP contribution in [0.1, 0.15) is 19.7 Å². The standard InChI is InChI=1S/C14H20N2O2/c1-9(2)13(8-17)16(4)11-5-6-12-14(7-11)18-10(3)15-12/h5-7,9,13,17H,8H2,1-4H3. The van der Waals surface area contributed by atoms with Gasteiger partial charge in [-0.1, -0.05) is 13.8 Å². The van der Waals surface area contributed by atoms with Gasteiger partial charge in [-0.2, -0.15) is 0 Å². The summed E-state index contributed by atoms with van der Waals surface area (Å²) in [5, 5.41) is 9.47. The first-order valence-corrected chi connectivity index (χ1v) is 6.24. The van der Waals surface area contributed by atoms with Crippen molar-refractivity contribution in [2.75, 3.05) is 18.6 Å². The van der Waals surface area contributed by atoms with E-state index in [9.17, 15) is 5.11 Å². The predicted molar refractivity (Wildman–Crippen MR) is 72.9 cm³/mol. The Morgan fingerprint density at radius 3 is 2.72 bits per heavy atom. The lowest BCUT2D eigenvalue weighted by molar-refractivity contribution is 0.234. The number of rotatable bonds is 4. The molecule has 4 heteroatoms. The average Bonchev–Trinajstić information content (AvgIpc) is 2.68. The first kappa shape index (κ1) is 12.9. The lowest BCUT2D eigenvalue weighted by Crippen LogP contribution is -2.38. The summed E-state index contributed by atoms with van der Waals surface area (Å²) in [4.78, 5) is 6.36. The summed E-state index contributed by atoms with van der Waals surface area (Å²) in [5.74, 6) is 1.06. The summed E-state index contributed by atoms with van der Waals surface area (Å²) in [5.41, 5.74) is 2.69. The first-order valence-electron chi connectivity index (χ1n) is 6.24. The molecular formula is C14H20N2O2. The van der Waals surface area contributed by atoms with E-state index in [0.29, 0.717) is 11.8 Å². The van der Waals surface area contributed by atoms with Crippen LogP contribution in [0.4, 0.5) is 5.69 Å². The van der Waals surface area contributed by atoms with Crippen molar-refractivity contribution < 1.29 is 9.52 Å². The zero-order chi connectivity index (χ0) is 13.3. The van der Waals surface area contributed by atoms with Gasteiger partial charge in [-0.25, -0.2) is 4.98 Å². The number of hydrogen-bond donors (Lipinski definition) is 1. The van der Waals surface area contributed by atoms with E-state index < -0.39 is 0 Å². The Morgan fingerprint density at radius 2 is 2.11 bits per heavy atom. The largest absolute Gasteiger partial charge is 0.441 e. The van der Waals surface area contributed by atoms with Crippen LogP contribution < -0.4 is 4.90 Å². The number of oxazole rings is 1. The van der Waals surface area contributed by atoms with Crippen molar-refractivity contribution in [3.63, 3.8) is 0 Å². The lowest BCUT2D eigenvalue weighted by Gasteiger charge is -2.31. The van der Waals surface area contributed by atoms with Crippen LogP contribution >= 0.6 is 0 Å². The molecule has 0 saturated carbocycles. The van der Waals surface area contributed by atoms with Gasteiger partial charge in [0, 0.05) is 25.7 Å². The Labute approximate surface area is 107 Å². The minimum Gasteiger partial charge on any atom is -0.441 e. The van der Waals surface area contributed by atoms with Crippen LogP contribution in [-0.2, 0) is 0 Å². The molecule has 1 N–H and O–H groups in total. The van der Waals surface area contributed by atoms with Gasteiger partial charge in [0.15, 0.2) is 11.5 Å². The summed E-state index contributed by atoms with van der Waals surface area (Å²) in [6.07, 6.45) is 0. The number of aryl methyl sites for hydroxylation is 1. The van der Waals surface area contributed by atoms with Crippen molar-refractivity contribution in [1.29, 1.82) is 0 Å². The summed E-state index contributed by atoms with van der Waals surface area (Å²) in [7, 11) is 1.99. The van der Waals surface area contributed by atoms with Crippen LogP contribution in [0.15, 0.2) is 22.6 Å². The molecule has 2 rings (SSSR count). The SMILES string of the molecule is Cc1nc2ccc(N(C)C(CO)C(C)C)cc2o1. The zero-order valence-electron chi connectivity index (χ0n) is 11.3. The van der Waals surface area contributed by atoms with E-state index >= 15 is 0 Å². The third-order valence-electron chi connectivity index (χ3n) is 3.34. The highest BCUT2D eigenvalue weighted by molar-refractivity contribution is 5.77. The molecule has 0 bridgehead atoms. The summed E-state index contributed by atoms with van der Waals surface area (Å²) >= 11 is 0. The van der Waals surface area contributed by atoms with Gasteiger partial charge in [0.25, 0.3) is 0 Å². The monoisotopic (exact) mass is 248 g/mol. The van der Waals surface area contributed by atoms with Crippen LogP contribution in [0.25, 0.3) is 11.1 Å². The van der Waals surface area contributed by atoms with Gasteiger partial charge in [0.1, 0.15) is 5.52 Å². The molecule has 0 aliphatic rings. The highest BCUT2D eigenvalue weighted by Crippen LogP contribution is 2.24. The molecule has 18 heavy (non-hydrogen) atoms. The molecule has 0 aliphatic carbocycles. The van der Waals surface area contributed by atoms with Crippen LogP contribution in [-0.4, -0.2) is 29.8 Å². The maximum absolute atomic E-state index is 9.47. The molecule has 0 amide bonds.